The Bertz CT molecular complexity index is 1240. The van der Waals surface area contributed by atoms with Gasteiger partial charge in [-0.15, -0.1) is 0 Å². The van der Waals surface area contributed by atoms with Gasteiger partial charge in [0.15, 0.2) is 0 Å². The summed E-state index contributed by atoms with van der Waals surface area (Å²) in [5.74, 6) is 0.696. The van der Waals surface area contributed by atoms with Crippen LogP contribution in [0.5, 0.6) is 0 Å². The number of nitriles is 1. The lowest BCUT2D eigenvalue weighted by Gasteiger charge is -2.11. The molecular formula is C22H18Cl2N6. The number of rotatable bonds is 6. The van der Waals surface area contributed by atoms with Gasteiger partial charge in [0.05, 0.1) is 22.0 Å². The summed E-state index contributed by atoms with van der Waals surface area (Å²) in [6.45, 7) is 2.65. The standard InChI is InChI=1S/C22H18Cl2N6/c1-14-13-30-21(28-14)10-20(18-7-5-16(23)9-19(18)24)29-22(30)26-8-2-3-17-6-4-15(11-25)12-27-17/h4-7,9-10,12-13H,2-3,8H2,1H3,(H,26,29). The highest BCUT2D eigenvalue weighted by Gasteiger charge is 2.12. The van der Waals surface area contributed by atoms with Gasteiger partial charge in [0.25, 0.3) is 0 Å². The fraction of sp³-hybridized carbons (Fsp3) is 0.182. The maximum absolute atomic E-state index is 8.86. The summed E-state index contributed by atoms with van der Waals surface area (Å²) >= 11 is 12.4. The molecule has 8 heteroatoms. The first kappa shape index (κ1) is 20.1. The van der Waals surface area contributed by atoms with Crippen LogP contribution < -0.4 is 5.32 Å². The van der Waals surface area contributed by atoms with E-state index in [0.717, 1.165) is 41.1 Å². The Hall–Kier alpha value is -3.14. The van der Waals surface area contributed by atoms with Crippen molar-refractivity contribution >= 4 is 34.8 Å². The Balaban J connectivity index is 1.54. The van der Waals surface area contributed by atoms with Crippen molar-refractivity contribution in [3.05, 3.63) is 75.8 Å². The Kier molecular flexibility index (Phi) is 5.84. The molecule has 30 heavy (non-hydrogen) atoms. The Morgan fingerprint density at radius 1 is 1.13 bits per heavy atom. The molecule has 0 aliphatic carbocycles. The lowest BCUT2D eigenvalue weighted by Crippen LogP contribution is -2.09. The molecular weight excluding hydrogens is 419 g/mol. The predicted octanol–water partition coefficient (Wildman–Crippen LogP) is 5.32. The molecule has 3 heterocycles. The van der Waals surface area contributed by atoms with Crippen molar-refractivity contribution in [1.29, 1.82) is 5.26 Å². The van der Waals surface area contributed by atoms with Crippen molar-refractivity contribution in [3.63, 3.8) is 0 Å². The van der Waals surface area contributed by atoms with E-state index in [1.165, 1.54) is 0 Å². The SMILES string of the molecule is Cc1cn2c(NCCCc3ccc(C#N)cn3)nc(-c3ccc(Cl)cc3Cl)cc2n1. The summed E-state index contributed by atoms with van der Waals surface area (Å²) in [7, 11) is 0. The molecule has 1 N–H and O–H groups in total. The molecule has 0 saturated carbocycles. The molecule has 0 radical (unpaired) electrons. The second-order valence-corrected chi connectivity index (χ2v) is 7.72. The second kappa shape index (κ2) is 8.70. The quantitative estimate of drug-likeness (QED) is 0.413. The summed E-state index contributed by atoms with van der Waals surface area (Å²) in [6.07, 6.45) is 5.21. The fourth-order valence-corrected chi connectivity index (χ4v) is 3.68. The molecule has 0 atom stereocenters. The molecule has 0 unspecified atom stereocenters. The third kappa shape index (κ3) is 4.38. The molecule has 1 aromatic carbocycles. The van der Waals surface area contributed by atoms with E-state index in [9.17, 15) is 0 Å². The number of hydrogen-bond acceptors (Lipinski definition) is 5. The van der Waals surface area contributed by atoms with Gasteiger partial charge in [-0.2, -0.15) is 5.26 Å². The van der Waals surface area contributed by atoms with E-state index in [-0.39, 0.29) is 0 Å². The topological polar surface area (TPSA) is 78.9 Å². The minimum atomic E-state index is 0.542. The number of imidazole rings is 1. The Labute approximate surface area is 184 Å². The van der Waals surface area contributed by atoms with Crippen molar-refractivity contribution in [1.82, 2.24) is 19.4 Å². The van der Waals surface area contributed by atoms with Crippen LogP contribution in [-0.2, 0) is 6.42 Å². The number of anilines is 1. The zero-order valence-electron chi connectivity index (χ0n) is 16.2. The van der Waals surface area contributed by atoms with E-state index in [0.29, 0.717) is 28.1 Å². The third-order valence-electron chi connectivity index (χ3n) is 4.63. The van der Waals surface area contributed by atoms with Crippen molar-refractivity contribution in [2.45, 2.75) is 19.8 Å². The van der Waals surface area contributed by atoms with Crippen LogP contribution in [0.15, 0.2) is 48.8 Å². The fourth-order valence-electron chi connectivity index (χ4n) is 3.18. The van der Waals surface area contributed by atoms with E-state index in [1.54, 1.807) is 24.4 Å². The zero-order chi connectivity index (χ0) is 21.1. The van der Waals surface area contributed by atoms with Crippen molar-refractivity contribution < 1.29 is 0 Å². The highest BCUT2D eigenvalue weighted by molar-refractivity contribution is 6.36. The predicted molar refractivity (Wildman–Crippen MR) is 119 cm³/mol. The van der Waals surface area contributed by atoms with Crippen LogP contribution in [0, 0.1) is 18.3 Å². The number of hydrogen-bond donors (Lipinski definition) is 1. The first-order chi connectivity index (χ1) is 14.5. The van der Waals surface area contributed by atoms with Crippen molar-refractivity contribution in [2.24, 2.45) is 0 Å². The maximum atomic E-state index is 8.86. The van der Waals surface area contributed by atoms with Gasteiger partial charge in [0, 0.05) is 41.3 Å². The van der Waals surface area contributed by atoms with Gasteiger partial charge >= 0.3 is 0 Å². The molecule has 6 nitrogen and oxygen atoms in total. The summed E-state index contributed by atoms with van der Waals surface area (Å²) in [6, 6.07) is 13.0. The van der Waals surface area contributed by atoms with E-state index in [1.807, 2.05) is 35.7 Å². The number of nitrogens with one attached hydrogen (secondary N) is 1. The third-order valence-corrected chi connectivity index (χ3v) is 5.18. The summed E-state index contributed by atoms with van der Waals surface area (Å²) in [4.78, 5) is 13.7. The summed E-state index contributed by atoms with van der Waals surface area (Å²) < 4.78 is 1.93. The Morgan fingerprint density at radius 3 is 2.73 bits per heavy atom. The molecule has 0 aliphatic rings. The van der Waals surface area contributed by atoms with Crippen molar-refractivity contribution in [2.75, 3.05) is 11.9 Å². The van der Waals surface area contributed by atoms with Gasteiger partial charge in [0.1, 0.15) is 11.7 Å². The molecule has 4 aromatic rings. The molecule has 0 spiro atoms. The average molecular weight is 437 g/mol. The molecule has 0 saturated heterocycles. The second-order valence-electron chi connectivity index (χ2n) is 6.88. The minimum absolute atomic E-state index is 0.542. The number of halogens is 2. The number of benzene rings is 1. The first-order valence-electron chi connectivity index (χ1n) is 9.44. The largest absolute Gasteiger partial charge is 0.355 e. The first-order valence-corrected chi connectivity index (χ1v) is 10.2. The smallest absolute Gasteiger partial charge is 0.209 e. The molecule has 0 aliphatic heterocycles. The molecule has 0 fully saturated rings. The van der Waals surface area contributed by atoms with Gasteiger partial charge in [-0.3, -0.25) is 9.38 Å². The minimum Gasteiger partial charge on any atom is -0.355 e. The van der Waals surface area contributed by atoms with E-state index in [2.05, 4.69) is 21.4 Å². The van der Waals surface area contributed by atoms with Crippen LogP contribution in [-0.4, -0.2) is 25.9 Å². The highest BCUT2D eigenvalue weighted by atomic mass is 35.5. The number of fused-ring (bicyclic) bond motifs is 1. The molecule has 4 rings (SSSR count). The summed E-state index contributed by atoms with van der Waals surface area (Å²) in [5.41, 5.74) is 4.74. The summed E-state index contributed by atoms with van der Waals surface area (Å²) in [5, 5.41) is 13.4. The van der Waals surface area contributed by atoms with Gasteiger partial charge in [-0.05, 0) is 50.1 Å². The monoisotopic (exact) mass is 436 g/mol. The maximum Gasteiger partial charge on any atom is 0.209 e. The lowest BCUT2D eigenvalue weighted by molar-refractivity contribution is 0.825. The highest BCUT2D eigenvalue weighted by Crippen LogP contribution is 2.30. The van der Waals surface area contributed by atoms with E-state index >= 15 is 0 Å². The zero-order valence-corrected chi connectivity index (χ0v) is 17.7. The molecule has 3 aromatic heterocycles. The average Bonchev–Trinajstić information content (AvgIpc) is 3.11. The van der Waals surface area contributed by atoms with Crippen LogP contribution >= 0.6 is 23.2 Å². The Morgan fingerprint density at radius 2 is 2.00 bits per heavy atom. The van der Waals surface area contributed by atoms with Gasteiger partial charge in [-0.25, -0.2) is 9.97 Å². The van der Waals surface area contributed by atoms with E-state index < -0.39 is 0 Å². The molecule has 0 bridgehead atoms. The van der Waals surface area contributed by atoms with Crippen LogP contribution in [0.25, 0.3) is 16.9 Å². The molecule has 150 valence electrons. The van der Waals surface area contributed by atoms with Crippen molar-refractivity contribution in [3.8, 4) is 17.3 Å². The number of nitrogens with zero attached hydrogens (tertiary/aromatic N) is 5. The normalized spacial score (nSPS) is 10.9. The van der Waals surface area contributed by atoms with Crippen LogP contribution in [0.2, 0.25) is 10.0 Å². The van der Waals surface area contributed by atoms with Crippen LogP contribution in [0.1, 0.15) is 23.4 Å². The van der Waals surface area contributed by atoms with Crippen LogP contribution in [0.4, 0.5) is 5.95 Å². The number of aryl methyl sites for hydroxylation is 2. The van der Waals surface area contributed by atoms with E-state index in [4.69, 9.17) is 33.4 Å². The lowest BCUT2D eigenvalue weighted by atomic mass is 10.1. The number of pyridine rings is 1. The van der Waals surface area contributed by atoms with Gasteiger partial charge in [0.2, 0.25) is 5.95 Å². The molecule has 0 amide bonds. The number of aromatic nitrogens is 4. The van der Waals surface area contributed by atoms with Gasteiger partial charge < -0.3 is 5.32 Å². The van der Waals surface area contributed by atoms with Crippen LogP contribution in [0.3, 0.4) is 0 Å². The van der Waals surface area contributed by atoms with Gasteiger partial charge in [-0.1, -0.05) is 23.2 Å².